The fourth-order valence-corrected chi connectivity index (χ4v) is 5.71. The molecule has 2 aromatic carbocycles. The van der Waals surface area contributed by atoms with Crippen LogP contribution in [-0.4, -0.2) is 38.6 Å². The fraction of sp³-hybridized carbons (Fsp3) is 0.316. The molecule has 0 radical (unpaired) electrons. The molecule has 0 amide bonds. The Bertz CT molecular complexity index is 659. The Kier molecular flexibility index (Phi) is 4.98. The summed E-state index contributed by atoms with van der Waals surface area (Å²) >= 11 is -0.144. The molecule has 2 aromatic rings. The summed E-state index contributed by atoms with van der Waals surface area (Å²) in [6.45, 7) is 2.36. The molecule has 1 aliphatic rings. The summed E-state index contributed by atoms with van der Waals surface area (Å²) in [5.74, 6) is 0.0297. The van der Waals surface area contributed by atoms with Crippen molar-refractivity contribution in [2.24, 2.45) is 0 Å². The van der Waals surface area contributed by atoms with Gasteiger partial charge in [0.05, 0.1) is 0 Å². The first-order valence-electron chi connectivity index (χ1n) is 7.80. The van der Waals surface area contributed by atoms with Gasteiger partial charge in [0, 0.05) is 0 Å². The van der Waals surface area contributed by atoms with Gasteiger partial charge in [-0.25, -0.2) is 0 Å². The van der Waals surface area contributed by atoms with Crippen LogP contribution in [0.4, 0.5) is 0 Å². The van der Waals surface area contributed by atoms with Gasteiger partial charge in [-0.1, -0.05) is 0 Å². The van der Waals surface area contributed by atoms with Crippen molar-refractivity contribution in [2.45, 2.75) is 29.9 Å². The second-order valence-electron chi connectivity index (χ2n) is 5.65. The fourth-order valence-electron chi connectivity index (χ4n) is 3.02. The van der Waals surface area contributed by atoms with Crippen molar-refractivity contribution in [3.63, 3.8) is 0 Å². The number of aliphatic hydroxyl groups is 1. The van der Waals surface area contributed by atoms with E-state index in [0.29, 0.717) is 13.0 Å². The van der Waals surface area contributed by atoms with Gasteiger partial charge in [-0.3, -0.25) is 0 Å². The SMILES string of the molecule is CCOC1CC(O)(c2ccccc2)C([Se]c2ccccc2)C1=O. The Morgan fingerprint density at radius 3 is 2.35 bits per heavy atom. The monoisotopic (exact) mass is 376 g/mol. The molecule has 4 heteroatoms. The predicted octanol–water partition coefficient (Wildman–Crippen LogP) is 2.07. The maximum atomic E-state index is 12.8. The van der Waals surface area contributed by atoms with Gasteiger partial charge < -0.3 is 0 Å². The molecule has 1 N–H and O–H groups in total. The molecule has 1 saturated carbocycles. The zero-order chi connectivity index (χ0) is 16.3. The first kappa shape index (κ1) is 16.4. The Morgan fingerprint density at radius 1 is 1.13 bits per heavy atom. The number of ether oxygens (including phenoxy) is 1. The molecule has 0 bridgehead atoms. The number of carbonyl (C=O) groups is 1. The van der Waals surface area contributed by atoms with Crippen molar-refractivity contribution < 1.29 is 14.6 Å². The molecule has 23 heavy (non-hydrogen) atoms. The van der Waals surface area contributed by atoms with Gasteiger partial charge in [0.2, 0.25) is 0 Å². The molecule has 120 valence electrons. The molecule has 0 aliphatic heterocycles. The normalized spacial score (nSPS) is 27.3. The van der Waals surface area contributed by atoms with E-state index in [1.165, 1.54) is 0 Å². The molecular weight excluding hydrogens is 355 g/mol. The van der Waals surface area contributed by atoms with E-state index in [0.717, 1.165) is 10.0 Å². The molecule has 3 unspecified atom stereocenters. The zero-order valence-corrected chi connectivity index (χ0v) is 14.7. The molecule has 3 atom stereocenters. The first-order chi connectivity index (χ1) is 11.1. The minimum absolute atomic E-state index is 0.0297. The van der Waals surface area contributed by atoms with E-state index < -0.39 is 16.5 Å². The number of benzene rings is 2. The Labute approximate surface area is 142 Å². The summed E-state index contributed by atoms with van der Waals surface area (Å²) in [5.41, 5.74) is -0.341. The summed E-state index contributed by atoms with van der Waals surface area (Å²) in [4.78, 5) is 12.4. The average Bonchev–Trinajstić information content (AvgIpc) is 2.83. The van der Waals surface area contributed by atoms with Gasteiger partial charge in [-0.2, -0.15) is 0 Å². The molecule has 1 aliphatic carbocycles. The van der Waals surface area contributed by atoms with Crippen LogP contribution in [0.2, 0.25) is 4.82 Å². The van der Waals surface area contributed by atoms with Crippen molar-refractivity contribution in [2.75, 3.05) is 6.61 Å². The topological polar surface area (TPSA) is 46.5 Å². The van der Waals surface area contributed by atoms with Gasteiger partial charge >= 0.3 is 143 Å². The number of Topliss-reactive ketones (excluding diaryl/α,β-unsaturated/α-hetero) is 1. The molecule has 0 aromatic heterocycles. The van der Waals surface area contributed by atoms with Crippen molar-refractivity contribution in [3.05, 3.63) is 66.2 Å². The number of hydrogen-bond donors (Lipinski definition) is 1. The van der Waals surface area contributed by atoms with E-state index in [1.54, 1.807) is 0 Å². The third-order valence-electron chi connectivity index (χ3n) is 4.14. The molecular formula is C19H20O3Se. The van der Waals surface area contributed by atoms with E-state index in [1.807, 2.05) is 67.6 Å². The molecule has 3 nitrogen and oxygen atoms in total. The second-order valence-corrected chi connectivity index (χ2v) is 8.12. The summed E-state index contributed by atoms with van der Waals surface area (Å²) in [6.07, 6.45) is -0.177. The third-order valence-corrected chi connectivity index (χ3v) is 7.09. The quantitative estimate of drug-likeness (QED) is 0.814. The van der Waals surface area contributed by atoms with E-state index in [-0.39, 0.29) is 20.7 Å². The first-order valence-corrected chi connectivity index (χ1v) is 9.64. The van der Waals surface area contributed by atoms with Crippen LogP contribution >= 0.6 is 0 Å². The van der Waals surface area contributed by atoms with Gasteiger partial charge in [-0.05, 0) is 0 Å². The van der Waals surface area contributed by atoms with E-state index in [2.05, 4.69) is 0 Å². The minimum atomic E-state index is -1.14. The van der Waals surface area contributed by atoms with Gasteiger partial charge in [0.1, 0.15) is 0 Å². The van der Waals surface area contributed by atoms with Crippen LogP contribution in [0.25, 0.3) is 0 Å². The molecule has 0 heterocycles. The summed E-state index contributed by atoms with van der Waals surface area (Å²) in [6, 6.07) is 19.5. The van der Waals surface area contributed by atoms with Crippen LogP contribution in [-0.2, 0) is 15.1 Å². The Balaban J connectivity index is 1.96. The standard InChI is InChI=1S/C19H20O3Se/c1-2-22-16-13-19(21,14-9-5-3-6-10-14)18(17(16)20)23-15-11-7-4-8-12-15/h3-12,16,18,21H,2,13H2,1H3. The summed E-state index contributed by atoms with van der Waals surface area (Å²) in [5, 5.41) is 11.4. The Hall–Kier alpha value is -1.45. The van der Waals surface area contributed by atoms with Crippen LogP contribution in [0.15, 0.2) is 60.7 Å². The molecule has 0 spiro atoms. The van der Waals surface area contributed by atoms with Crippen LogP contribution in [0, 0.1) is 0 Å². The third kappa shape index (κ3) is 3.26. The maximum absolute atomic E-state index is 12.8. The number of carbonyl (C=O) groups excluding carboxylic acids is 1. The number of ketones is 1. The van der Waals surface area contributed by atoms with Crippen molar-refractivity contribution in [1.82, 2.24) is 0 Å². The van der Waals surface area contributed by atoms with Gasteiger partial charge in [0.15, 0.2) is 0 Å². The molecule has 3 rings (SSSR count). The van der Waals surface area contributed by atoms with Crippen LogP contribution in [0.3, 0.4) is 0 Å². The Morgan fingerprint density at radius 2 is 1.74 bits per heavy atom. The summed E-state index contributed by atoms with van der Waals surface area (Å²) < 4.78 is 6.72. The zero-order valence-electron chi connectivity index (χ0n) is 13.0. The number of hydrogen-bond acceptors (Lipinski definition) is 3. The van der Waals surface area contributed by atoms with Gasteiger partial charge in [-0.15, -0.1) is 0 Å². The van der Waals surface area contributed by atoms with Crippen molar-refractivity contribution >= 4 is 25.2 Å². The molecule has 1 fully saturated rings. The van der Waals surface area contributed by atoms with Crippen LogP contribution in [0.5, 0.6) is 0 Å². The van der Waals surface area contributed by atoms with Crippen molar-refractivity contribution in [1.29, 1.82) is 0 Å². The van der Waals surface area contributed by atoms with E-state index in [4.69, 9.17) is 4.74 Å². The van der Waals surface area contributed by atoms with E-state index in [9.17, 15) is 9.90 Å². The van der Waals surface area contributed by atoms with E-state index >= 15 is 0 Å². The molecule has 0 saturated heterocycles. The summed E-state index contributed by atoms with van der Waals surface area (Å²) in [7, 11) is 0. The van der Waals surface area contributed by atoms with Crippen LogP contribution in [0.1, 0.15) is 18.9 Å². The average molecular weight is 375 g/mol. The van der Waals surface area contributed by atoms with Gasteiger partial charge in [0.25, 0.3) is 0 Å². The second kappa shape index (κ2) is 6.98. The van der Waals surface area contributed by atoms with Crippen LogP contribution < -0.4 is 4.46 Å². The van der Waals surface area contributed by atoms with Crippen molar-refractivity contribution in [3.8, 4) is 0 Å². The number of rotatable bonds is 5. The predicted molar refractivity (Wildman–Crippen MR) is 91.0 cm³/mol.